The molecule has 0 amide bonds. The first-order chi connectivity index (χ1) is 13.3. The van der Waals surface area contributed by atoms with Crippen LogP contribution in [0, 0.1) is 34.5 Å². The molecule has 4 aliphatic carbocycles. The molecule has 6 atom stereocenters. The lowest BCUT2D eigenvalue weighted by atomic mass is 9.46. The fourth-order valence-corrected chi connectivity index (χ4v) is 7.31. The first-order valence-corrected chi connectivity index (χ1v) is 10.9. The second-order valence-electron chi connectivity index (χ2n) is 9.81. The van der Waals surface area contributed by atoms with Gasteiger partial charge in [-0.3, -0.25) is 0 Å². The molecule has 0 heterocycles. The lowest BCUT2D eigenvalue weighted by Gasteiger charge is -2.58. The number of hydrogen-bond acceptors (Lipinski definition) is 2. The molecule has 0 bridgehead atoms. The smallest absolute Gasteiger partial charge is 0.364 e. The van der Waals surface area contributed by atoms with Crippen molar-refractivity contribution in [2.24, 2.45) is 34.5 Å². The van der Waals surface area contributed by atoms with Crippen LogP contribution in [-0.2, 0) is 9.53 Å². The third kappa shape index (κ3) is 2.63. The van der Waals surface area contributed by atoms with E-state index in [0.29, 0.717) is 35.7 Å². The largest absolute Gasteiger partial charge is 0.501 e. The highest BCUT2D eigenvalue weighted by molar-refractivity contribution is 5.85. The number of halogens is 1. The summed E-state index contributed by atoms with van der Waals surface area (Å²) in [5.41, 5.74) is 1.85. The number of rotatable bonds is 3. The van der Waals surface area contributed by atoms with Crippen molar-refractivity contribution in [2.45, 2.75) is 65.7 Å². The Morgan fingerprint density at radius 2 is 1.93 bits per heavy atom. The van der Waals surface area contributed by atoms with Gasteiger partial charge in [0.05, 0.1) is 12.9 Å². The monoisotopic (exact) mass is 388 g/mol. The van der Waals surface area contributed by atoms with Crippen LogP contribution in [0.4, 0.5) is 4.39 Å². The van der Waals surface area contributed by atoms with Crippen LogP contribution < -0.4 is 0 Å². The normalized spacial score (nSPS) is 43.9. The number of ether oxygens (including phenoxy) is 1. The molecule has 0 unspecified atom stereocenters. The minimum atomic E-state index is -1.40. The van der Waals surface area contributed by atoms with Crippen molar-refractivity contribution in [1.29, 1.82) is 0 Å². The summed E-state index contributed by atoms with van der Waals surface area (Å²) < 4.78 is 20.1. The van der Waals surface area contributed by atoms with Crippen molar-refractivity contribution in [3.63, 3.8) is 0 Å². The van der Waals surface area contributed by atoms with E-state index in [2.05, 4.69) is 32.9 Å². The van der Waals surface area contributed by atoms with Crippen LogP contribution in [0.3, 0.4) is 0 Å². The lowest BCUT2D eigenvalue weighted by molar-refractivity contribution is -0.134. The van der Waals surface area contributed by atoms with Gasteiger partial charge in [-0.25, -0.2) is 4.79 Å². The Bertz CT molecular complexity index is 779. The summed E-state index contributed by atoms with van der Waals surface area (Å²) in [5, 5.41) is 9.26. The first kappa shape index (κ1) is 19.7. The van der Waals surface area contributed by atoms with E-state index in [1.807, 2.05) is 0 Å². The summed E-state index contributed by atoms with van der Waals surface area (Å²) in [4.78, 5) is 11.3. The number of carboxylic acid groups (broad SMARTS) is 1. The summed E-state index contributed by atoms with van der Waals surface area (Å²) in [6, 6.07) is 0. The maximum absolute atomic E-state index is 14.5. The van der Waals surface area contributed by atoms with Crippen molar-refractivity contribution in [3.05, 3.63) is 34.9 Å². The fraction of sp³-hybridized carbons (Fsp3) is 0.708. The molecular weight excluding hydrogens is 355 g/mol. The van der Waals surface area contributed by atoms with E-state index in [4.69, 9.17) is 4.74 Å². The number of allylic oxidation sites excluding steroid dienone is 5. The molecule has 3 nitrogen and oxygen atoms in total. The molecule has 1 N–H and O–H groups in total. The molecule has 2 fully saturated rings. The van der Waals surface area contributed by atoms with Gasteiger partial charge in [0.2, 0.25) is 5.83 Å². The fourth-order valence-electron chi connectivity index (χ4n) is 7.31. The van der Waals surface area contributed by atoms with E-state index in [-0.39, 0.29) is 10.8 Å². The SMILES string of the molecule is CC[C@@H]1C=C2C=C(OC)CC[C@]2(C)[C@H]2CC[C@]3(C)C(=C(F)C(=O)O)CC[C@H]3[C@H]12. The Kier molecular flexibility index (Phi) is 4.75. The van der Waals surface area contributed by atoms with E-state index in [1.165, 1.54) is 5.57 Å². The summed E-state index contributed by atoms with van der Waals surface area (Å²) >= 11 is 0. The van der Waals surface area contributed by atoms with Gasteiger partial charge in [-0.15, -0.1) is 0 Å². The molecule has 0 aliphatic heterocycles. The van der Waals surface area contributed by atoms with Gasteiger partial charge in [0.15, 0.2) is 0 Å². The van der Waals surface area contributed by atoms with E-state index in [9.17, 15) is 14.3 Å². The minimum Gasteiger partial charge on any atom is -0.501 e. The number of carbonyl (C=O) groups is 1. The van der Waals surface area contributed by atoms with Crippen LogP contribution in [0.5, 0.6) is 0 Å². The molecule has 28 heavy (non-hydrogen) atoms. The third-order valence-corrected chi connectivity index (χ3v) is 8.88. The quantitative estimate of drug-likeness (QED) is 0.600. The molecule has 4 aliphatic rings. The summed E-state index contributed by atoms with van der Waals surface area (Å²) in [6.07, 6.45) is 11.4. The van der Waals surface area contributed by atoms with Gasteiger partial charge in [-0.1, -0.05) is 26.8 Å². The average molecular weight is 389 g/mol. The summed E-state index contributed by atoms with van der Waals surface area (Å²) in [5.74, 6) is 0.725. The molecule has 0 aromatic rings. The van der Waals surface area contributed by atoms with E-state index >= 15 is 0 Å². The number of carboxylic acids is 1. The Balaban J connectivity index is 1.78. The maximum Gasteiger partial charge on any atom is 0.364 e. The molecular formula is C24H33FO3. The van der Waals surface area contributed by atoms with E-state index in [0.717, 1.165) is 44.3 Å². The molecule has 0 saturated heterocycles. The highest BCUT2D eigenvalue weighted by Crippen LogP contribution is 2.67. The maximum atomic E-state index is 14.5. The predicted molar refractivity (Wildman–Crippen MR) is 107 cm³/mol. The molecule has 0 aromatic carbocycles. The van der Waals surface area contributed by atoms with Crippen molar-refractivity contribution in [3.8, 4) is 0 Å². The minimum absolute atomic E-state index is 0.150. The van der Waals surface area contributed by atoms with Gasteiger partial charge in [0.25, 0.3) is 0 Å². The molecule has 0 radical (unpaired) electrons. The topological polar surface area (TPSA) is 46.5 Å². The van der Waals surface area contributed by atoms with Crippen LogP contribution in [0.1, 0.15) is 65.7 Å². The Morgan fingerprint density at radius 1 is 1.21 bits per heavy atom. The molecule has 0 aromatic heterocycles. The second-order valence-corrected chi connectivity index (χ2v) is 9.81. The van der Waals surface area contributed by atoms with Gasteiger partial charge in [0, 0.05) is 6.42 Å². The van der Waals surface area contributed by atoms with Crippen molar-refractivity contribution < 1.29 is 19.0 Å². The van der Waals surface area contributed by atoms with Crippen molar-refractivity contribution in [2.75, 3.05) is 7.11 Å². The zero-order valence-corrected chi connectivity index (χ0v) is 17.6. The summed E-state index contributed by atoms with van der Waals surface area (Å²) in [7, 11) is 1.76. The standard InChI is InChI=1S/C24H33FO3/c1-5-14-12-15-13-16(28-4)8-10-23(15,2)18-9-11-24(3)17(20(14)18)6-7-19(24)21(25)22(26)27/h12-14,17-18,20H,5-11H2,1-4H3,(H,26,27)/t14-,17+,18+,20+,23+,24+/m1/s1. The second kappa shape index (κ2) is 6.74. The zero-order valence-electron chi connectivity index (χ0n) is 17.6. The van der Waals surface area contributed by atoms with Crippen molar-refractivity contribution in [1.82, 2.24) is 0 Å². The van der Waals surface area contributed by atoms with E-state index in [1.54, 1.807) is 7.11 Å². The van der Waals surface area contributed by atoms with Gasteiger partial charge in [-0.05, 0) is 90.2 Å². The summed E-state index contributed by atoms with van der Waals surface area (Å²) in [6.45, 7) is 6.80. The Labute approximate surface area is 167 Å². The van der Waals surface area contributed by atoms with Gasteiger partial charge in [-0.2, -0.15) is 4.39 Å². The number of hydrogen-bond donors (Lipinski definition) is 1. The van der Waals surface area contributed by atoms with Crippen LogP contribution >= 0.6 is 0 Å². The highest BCUT2D eigenvalue weighted by Gasteiger charge is 2.59. The molecule has 0 spiro atoms. The van der Waals surface area contributed by atoms with Crippen molar-refractivity contribution >= 4 is 5.97 Å². The van der Waals surface area contributed by atoms with Gasteiger partial charge < -0.3 is 9.84 Å². The van der Waals surface area contributed by atoms with Gasteiger partial charge in [0.1, 0.15) is 0 Å². The van der Waals surface area contributed by atoms with Crippen LogP contribution in [-0.4, -0.2) is 18.2 Å². The molecule has 154 valence electrons. The number of fused-ring (bicyclic) bond motifs is 5. The lowest BCUT2D eigenvalue weighted by Crippen LogP contribution is -2.51. The van der Waals surface area contributed by atoms with Crippen LogP contribution in [0.15, 0.2) is 34.9 Å². The number of aliphatic carboxylic acids is 1. The first-order valence-electron chi connectivity index (χ1n) is 10.9. The zero-order chi connectivity index (χ0) is 20.3. The Hall–Kier alpha value is -1.58. The predicted octanol–water partition coefficient (Wildman–Crippen LogP) is 6.03. The number of methoxy groups -OCH3 is 1. The molecule has 2 saturated carbocycles. The highest BCUT2D eigenvalue weighted by atomic mass is 19.1. The van der Waals surface area contributed by atoms with E-state index < -0.39 is 11.8 Å². The van der Waals surface area contributed by atoms with Crippen LogP contribution in [0.2, 0.25) is 0 Å². The molecule has 4 heteroatoms. The van der Waals surface area contributed by atoms with Gasteiger partial charge >= 0.3 is 5.97 Å². The van der Waals surface area contributed by atoms with Crippen LogP contribution in [0.25, 0.3) is 0 Å². The third-order valence-electron chi connectivity index (χ3n) is 8.88. The Morgan fingerprint density at radius 3 is 2.57 bits per heavy atom. The average Bonchev–Trinajstić information content (AvgIpc) is 3.03. The molecule has 4 rings (SSSR count).